The lowest BCUT2D eigenvalue weighted by Gasteiger charge is -2.32. The van der Waals surface area contributed by atoms with Gasteiger partial charge in [-0.15, -0.1) is 0 Å². The summed E-state index contributed by atoms with van der Waals surface area (Å²) in [6.07, 6.45) is 3.30. The van der Waals surface area contributed by atoms with Crippen molar-refractivity contribution in [2.24, 2.45) is 0 Å². The van der Waals surface area contributed by atoms with E-state index in [2.05, 4.69) is 19.8 Å². The average Bonchev–Trinajstić information content (AvgIpc) is 3.33. The molecule has 2 aromatic heterocycles. The van der Waals surface area contributed by atoms with Crippen LogP contribution < -0.4 is 15.3 Å². The molecule has 1 aromatic carbocycles. The maximum atomic E-state index is 13.0. The van der Waals surface area contributed by atoms with E-state index in [0.717, 1.165) is 25.1 Å². The summed E-state index contributed by atoms with van der Waals surface area (Å²) in [5.41, 5.74) is 1.60. The Kier molecular flexibility index (Phi) is 6.03. The molecule has 9 nitrogen and oxygen atoms in total. The SMILES string of the molecule is CCc1cc(OC)cc2nc(-c3cccnc3N3CC[C@H](N4CCS(=O)(=O)CC4)C3)oc(=O)c12. The molecule has 0 N–H and O–H groups in total. The van der Waals surface area contributed by atoms with Crippen molar-refractivity contribution in [3.63, 3.8) is 0 Å². The zero-order valence-electron chi connectivity index (χ0n) is 19.4. The number of hydrogen-bond acceptors (Lipinski definition) is 9. The van der Waals surface area contributed by atoms with Crippen LogP contribution in [0.3, 0.4) is 0 Å². The van der Waals surface area contributed by atoms with Crippen LogP contribution in [0.25, 0.3) is 22.4 Å². The van der Waals surface area contributed by atoms with E-state index in [-0.39, 0.29) is 23.4 Å². The number of nitrogens with zero attached hydrogens (tertiary/aromatic N) is 4. The van der Waals surface area contributed by atoms with Crippen LogP contribution >= 0.6 is 0 Å². The van der Waals surface area contributed by atoms with E-state index in [4.69, 9.17) is 9.15 Å². The quantitative estimate of drug-likeness (QED) is 0.538. The van der Waals surface area contributed by atoms with Crippen molar-refractivity contribution in [3.8, 4) is 17.2 Å². The highest BCUT2D eigenvalue weighted by Gasteiger charge is 2.33. The fourth-order valence-corrected chi connectivity index (χ4v) is 6.13. The molecule has 2 aliphatic heterocycles. The molecule has 0 amide bonds. The molecule has 0 unspecified atom stereocenters. The van der Waals surface area contributed by atoms with Crippen molar-refractivity contribution in [2.45, 2.75) is 25.8 Å². The van der Waals surface area contributed by atoms with Crippen LogP contribution in [0, 0.1) is 0 Å². The van der Waals surface area contributed by atoms with E-state index in [1.807, 2.05) is 19.1 Å². The standard InChI is InChI=1S/C24H28N4O5S/c1-3-16-13-18(32-2)14-20-21(16)24(29)33-23(26-20)19-5-4-7-25-22(19)28-8-6-17(15-28)27-9-11-34(30,31)12-10-27/h4-5,7,13-14,17H,3,6,8-12,15H2,1-2H3/t17-/m0/s1. The summed E-state index contributed by atoms with van der Waals surface area (Å²) in [5.74, 6) is 2.01. The van der Waals surface area contributed by atoms with Gasteiger partial charge in [0.1, 0.15) is 11.6 Å². The van der Waals surface area contributed by atoms with Crippen molar-refractivity contribution in [2.75, 3.05) is 49.7 Å². The van der Waals surface area contributed by atoms with Crippen LogP contribution in [0.2, 0.25) is 0 Å². The summed E-state index contributed by atoms with van der Waals surface area (Å²) in [6, 6.07) is 7.52. The van der Waals surface area contributed by atoms with Crippen molar-refractivity contribution >= 4 is 26.6 Å². The molecule has 5 rings (SSSR count). The van der Waals surface area contributed by atoms with Gasteiger partial charge in [0.05, 0.1) is 35.1 Å². The molecule has 10 heteroatoms. The molecular weight excluding hydrogens is 456 g/mol. The number of methoxy groups -OCH3 is 1. The summed E-state index contributed by atoms with van der Waals surface area (Å²) in [6.45, 7) is 4.62. The van der Waals surface area contributed by atoms with Crippen molar-refractivity contribution < 1.29 is 17.6 Å². The highest BCUT2D eigenvalue weighted by molar-refractivity contribution is 7.91. The lowest BCUT2D eigenvalue weighted by atomic mass is 10.1. The second kappa shape index (κ2) is 8.99. The predicted molar refractivity (Wildman–Crippen MR) is 130 cm³/mol. The smallest absolute Gasteiger partial charge is 0.347 e. The number of sulfone groups is 1. The Morgan fingerprint density at radius 1 is 1.21 bits per heavy atom. The van der Waals surface area contributed by atoms with Crippen molar-refractivity contribution in [1.82, 2.24) is 14.9 Å². The number of aryl methyl sites for hydroxylation is 1. The number of ether oxygens (including phenoxy) is 1. The van der Waals surface area contributed by atoms with Crippen LogP contribution in [-0.2, 0) is 16.3 Å². The highest BCUT2D eigenvalue weighted by Crippen LogP contribution is 2.32. The van der Waals surface area contributed by atoms with Gasteiger partial charge in [-0.1, -0.05) is 6.92 Å². The molecular formula is C24H28N4O5S. The second-order valence-electron chi connectivity index (χ2n) is 8.79. The Morgan fingerprint density at radius 3 is 2.74 bits per heavy atom. The normalized spacial score (nSPS) is 20.6. The Bertz CT molecular complexity index is 1370. The van der Waals surface area contributed by atoms with Gasteiger partial charge in [-0.3, -0.25) is 4.90 Å². The number of aromatic nitrogens is 2. The van der Waals surface area contributed by atoms with E-state index in [9.17, 15) is 13.2 Å². The third-order valence-corrected chi connectivity index (χ3v) is 8.39. The van der Waals surface area contributed by atoms with E-state index >= 15 is 0 Å². The van der Waals surface area contributed by atoms with Crippen molar-refractivity contribution in [3.05, 3.63) is 46.4 Å². The largest absolute Gasteiger partial charge is 0.497 e. The monoisotopic (exact) mass is 484 g/mol. The average molecular weight is 485 g/mol. The van der Waals surface area contributed by atoms with E-state index < -0.39 is 15.5 Å². The number of rotatable bonds is 5. The zero-order chi connectivity index (χ0) is 23.9. The number of anilines is 1. The zero-order valence-corrected chi connectivity index (χ0v) is 20.2. The number of benzene rings is 1. The van der Waals surface area contributed by atoms with Gasteiger partial charge in [0.25, 0.3) is 0 Å². The van der Waals surface area contributed by atoms with E-state index in [1.54, 1.807) is 25.4 Å². The fourth-order valence-electron chi connectivity index (χ4n) is 4.90. The molecule has 2 saturated heterocycles. The molecule has 34 heavy (non-hydrogen) atoms. The van der Waals surface area contributed by atoms with Crippen LogP contribution in [0.4, 0.5) is 5.82 Å². The van der Waals surface area contributed by atoms with Crippen LogP contribution in [0.15, 0.2) is 39.7 Å². The molecule has 3 aromatic rings. The maximum Gasteiger partial charge on any atom is 0.347 e. The van der Waals surface area contributed by atoms with Crippen LogP contribution in [0.5, 0.6) is 5.75 Å². The minimum atomic E-state index is -2.91. The summed E-state index contributed by atoms with van der Waals surface area (Å²) in [7, 11) is -1.32. The number of hydrogen-bond donors (Lipinski definition) is 0. The first-order valence-corrected chi connectivity index (χ1v) is 13.4. The Hall–Kier alpha value is -2.98. The van der Waals surface area contributed by atoms with Gasteiger partial charge < -0.3 is 14.1 Å². The molecule has 0 aliphatic carbocycles. The van der Waals surface area contributed by atoms with E-state index in [0.29, 0.717) is 47.5 Å². The number of fused-ring (bicyclic) bond motifs is 1. The minimum Gasteiger partial charge on any atom is -0.497 e. The predicted octanol–water partition coefficient (Wildman–Crippen LogP) is 2.13. The lowest BCUT2D eigenvalue weighted by molar-refractivity contribution is 0.227. The first kappa shape index (κ1) is 22.8. The van der Waals surface area contributed by atoms with Gasteiger partial charge >= 0.3 is 5.63 Å². The first-order chi connectivity index (χ1) is 16.4. The second-order valence-corrected chi connectivity index (χ2v) is 11.1. The molecule has 4 heterocycles. The Balaban J connectivity index is 1.47. The molecule has 0 radical (unpaired) electrons. The fraction of sp³-hybridized carbons (Fsp3) is 0.458. The van der Waals surface area contributed by atoms with Crippen molar-refractivity contribution in [1.29, 1.82) is 0 Å². The molecule has 180 valence electrons. The van der Waals surface area contributed by atoms with Gasteiger partial charge in [-0.2, -0.15) is 0 Å². The third-order valence-electron chi connectivity index (χ3n) is 6.78. The molecule has 0 spiro atoms. The molecule has 2 aliphatic rings. The Labute approximate surface area is 198 Å². The van der Waals surface area contributed by atoms with Crippen LogP contribution in [-0.4, -0.2) is 74.1 Å². The first-order valence-electron chi connectivity index (χ1n) is 11.5. The Morgan fingerprint density at radius 2 is 2.00 bits per heavy atom. The minimum absolute atomic E-state index is 0.216. The van der Waals surface area contributed by atoms with Gasteiger partial charge in [0, 0.05) is 44.5 Å². The topological polar surface area (TPSA) is 106 Å². The van der Waals surface area contributed by atoms with Gasteiger partial charge in [0.15, 0.2) is 9.84 Å². The molecule has 2 fully saturated rings. The molecule has 1 atom stereocenters. The summed E-state index contributed by atoms with van der Waals surface area (Å²) >= 11 is 0. The molecule has 0 bridgehead atoms. The summed E-state index contributed by atoms with van der Waals surface area (Å²) in [5, 5.41) is 0.471. The van der Waals surface area contributed by atoms with Gasteiger partial charge in [-0.05, 0) is 36.6 Å². The number of pyridine rings is 1. The van der Waals surface area contributed by atoms with Gasteiger partial charge in [0.2, 0.25) is 5.89 Å². The van der Waals surface area contributed by atoms with Crippen LogP contribution in [0.1, 0.15) is 18.9 Å². The highest BCUT2D eigenvalue weighted by atomic mass is 32.2. The van der Waals surface area contributed by atoms with Gasteiger partial charge in [-0.25, -0.2) is 23.2 Å². The van der Waals surface area contributed by atoms with E-state index in [1.165, 1.54) is 0 Å². The summed E-state index contributed by atoms with van der Waals surface area (Å²) < 4.78 is 34.7. The third kappa shape index (κ3) is 4.27. The maximum absolute atomic E-state index is 13.0. The summed E-state index contributed by atoms with van der Waals surface area (Å²) in [4.78, 5) is 26.7. The molecule has 0 saturated carbocycles. The lowest BCUT2D eigenvalue weighted by Crippen LogP contribution is -2.47.